The molecule has 8 heteroatoms. The summed E-state index contributed by atoms with van der Waals surface area (Å²) in [7, 11) is 1.39. The van der Waals surface area contributed by atoms with Crippen molar-refractivity contribution in [1.82, 2.24) is 9.91 Å². The minimum Gasteiger partial charge on any atom is -0.469 e. The van der Waals surface area contributed by atoms with Crippen molar-refractivity contribution >= 4 is 12.1 Å². The molecule has 0 saturated heterocycles. The second-order valence-corrected chi connectivity index (χ2v) is 10.2. The Bertz CT molecular complexity index is 1040. The number of amides is 1. The largest absolute Gasteiger partial charge is 0.469 e. The topological polar surface area (TPSA) is 111 Å². The monoisotopic (exact) mass is 498 g/mol. The van der Waals surface area contributed by atoms with Crippen molar-refractivity contribution in [3.63, 3.8) is 0 Å². The number of fused-ring (bicyclic) bond motifs is 1. The van der Waals surface area contributed by atoms with Crippen LogP contribution in [0.15, 0.2) is 53.9 Å². The van der Waals surface area contributed by atoms with Gasteiger partial charge >= 0.3 is 12.1 Å². The predicted molar refractivity (Wildman–Crippen MR) is 142 cm³/mol. The molecule has 4 N–H and O–H groups in total. The number of esters is 1. The van der Waals surface area contributed by atoms with Gasteiger partial charge in [0.1, 0.15) is 5.60 Å². The van der Waals surface area contributed by atoms with Crippen LogP contribution in [0.25, 0.3) is 0 Å². The third-order valence-electron chi connectivity index (χ3n) is 6.30. The lowest BCUT2D eigenvalue weighted by atomic mass is 9.80. The van der Waals surface area contributed by atoms with E-state index in [1.165, 1.54) is 17.7 Å². The second-order valence-electron chi connectivity index (χ2n) is 10.2. The molecule has 0 spiro atoms. The van der Waals surface area contributed by atoms with E-state index in [1.807, 2.05) is 53.7 Å². The molecule has 8 nitrogen and oxygen atoms in total. The van der Waals surface area contributed by atoms with E-state index < -0.39 is 11.5 Å². The van der Waals surface area contributed by atoms with Gasteiger partial charge in [-0.15, -0.1) is 0 Å². The Hall–Kier alpha value is -3.26. The summed E-state index contributed by atoms with van der Waals surface area (Å²) in [6.07, 6.45) is 4.16. The fourth-order valence-corrected chi connectivity index (χ4v) is 4.39. The number of nitrogens with two attached hydrogens (primary N) is 2. The standard InChI is InChI=1S/C28H42N4O4/c1-9-32(30)24(20(4)29)13-10-18(2)25(19(3)26(33)35-8)22-12-11-21-14-15-31(17-23(21)16-22)27(34)36-28(5,6)7/h10-13,16,19,25H,4,9,14-15,17,29-30H2,1-3,5-8H3/b18-10+,24-13+. The van der Waals surface area contributed by atoms with E-state index in [1.54, 1.807) is 4.90 Å². The van der Waals surface area contributed by atoms with Crippen LogP contribution in [0.4, 0.5) is 4.79 Å². The van der Waals surface area contributed by atoms with Gasteiger partial charge in [0.15, 0.2) is 0 Å². The number of rotatable bonds is 8. The first-order chi connectivity index (χ1) is 16.8. The number of benzene rings is 1. The quantitative estimate of drug-likeness (QED) is 0.237. The minimum atomic E-state index is -0.555. The molecule has 0 radical (unpaired) electrons. The maximum atomic E-state index is 12.7. The molecule has 1 heterocycles. The van der Waals surface area contributed by atoms with Crippen molar-refractivity contribution in [3.05, 3.63) is 70.6 Å². The zero-order valence-corrected chi connectivity index (χ0v) is 22.8. The molecule has 0 bridgehead atoms. The van der Waals surface area contributed by atoms with E-state index >= 15 is 0 Å². The van der Waals surface area contributed by atoms with Gasteiger partial charge in [-0.25, -0.2) is 10.6 Å². The Labute approximate surface area is 215 Å². The van der Waals surface area contributed by atoms with E-state index in [-0.39, 0.29) is 18.0 Å². The molecule has 2 unspecified atom stereocenters. The molecule has 0 aromatic heterocycles. The zero-order valence-electron chi connectivity index (χ0n) is 22.8. The first-order valence-electron chi connectivity index (χ1n) is 12.3. The van der Waals surface area contributed by atoms with Crippen molar-refractivity contribution < 1.29 is 19.1 Å². The molecule has 0 fully saturated rings. The molecule has 2 rings (SSSR count). The van der Waals surface area contributed by atoms with Gasteiger partial charge in [-0.05, 0) is 63.8 Å². The maximum absolute atomic E-state index is 12.7. The highest BCUT2D eigenvalue weighted by Gasteiger charge is 2.30. The van der Waals surface area contributed by atoms with Crippen LogP contribution in [-0.2, 0) is 27.2 Å². The van der Waals surface area contributed by atoms with Crippen LogP contribution in [0, 0.1) is 5.92 Å². The average Bonchev–Trinajstić information content (AvgIpc) is 2.81. The van der Waals surface area contributed by atoms with Crippen LogP contribution in [0.2, 0.25) is 0 Å². The molecule has 1 aromatic rings. The molecule has 1 aliphatic heterocycles. The number of hydrogen-bond donors (Lipinski definition) is 2. The normalized spacial score (nSPS) is 16.1. The zero-order chi connectivity index (χ0) is 27.2. The number of ether oxygens (including phenoxy) is 2. The molecular weight excluding hydrogens is 456 g/mol. The lowest BCUT2D eigenvalue weighted by molar-refractivity contribution is -0.145. The summed E-state index contributed by atoms with van der Waals surface area (Å²) in [5.74, 6) is 5.06. The summed E-state index contributed by atoms with van der Waals surface area (Å²) in [6.45, 7) is 16.8. The highest BCUT2D eigenvalue weighted by molar-refractivity contribution is 5.74. The Morgan fingerprint density at radius 1 is 1.25 bits per heavy atom. The van der Waals surface area contributed by atoms with Crippen LogP contribution < -0.4 is 11.6 Å². The van der Waals surface area contributed by atoms with Crippen molar-refractivity contribution in [2.24, 2.45) is 17.5 Å². The number of likely N-dealkylation sites (N-methyl/N-ethyl adjacent to an activating group) is 1. The van der Waals surface area contributed by atoms with Crippen LogP contribution in [0.5, 0.6) is 0 Å². The fourth-order valence-electron chi connectivity index (χ4n) is 4.39. The van der Waals surface area contributed by atoms with Gasteiger partial charge < -0.3 is 25.1 Å². The SMILES string of the molecule is C=C(N)/C(=C\C=C(/C)C(c1ccc2c(c1)CN(C(=O)OC(C)(C)C)CC2)C(C)C(=O)OC)N(N)CC. The van der Waals surface area contributed by atoms with Gasteiger partial charge in [0.2, 0.25) is 0 Å². The van der Waals surface area contributed by atoms with Gasteiger partial charge in [-0.1, -0.05) is 43.4 Å². The number of carbonyl (C=O) groups is 2. The van der Waals surface area contributed by atoms with Gasteiger partial charge in [-0.2, -0.15) is 0 Å². The third kappa shape index (κ3) is 7.37. The van der Waals surface area contributed by atoms with Crippen LogP contribution in [-0.4, -0.2) is 47.8 Å². The Kier molecular flexibility index (Phi) is 9.76. The molecule has 1 aliphatic rings. The van der Waals surface area contributed by atoms with Gasteiger partial charge in [0, 0.05) is 31.2 Å². The Balaban J connectivity index is 2.46. The smallest absolute Gasteiger partial charge is 0.410 e. The van der Waals surface area contributed by atoms with Gasteiger partial charge in [0.05, 0.1) is 18.7 Å². The first kappa shape index (κ1) is 29.0. The first-order valence-corrected chi connectivity index (χ1v) is 12.3. The van der Waals surface area contributed by atoms with Gasteiger partial charge in [0.25, 0.3) is 0 Å². The number of hydrazine groups is 1. The van der Waals surface area contributed by atoms with Crippen molar-refractivity contribution in [2.45, 2.75) is 66.0 Å². The number of allylic oxidation sites excluding steroid dienone is 3. The molecule has 2 atom stereocenters. The molecule has 0 aliphatic carbocycles. The fraction of sp³-hybridized carbons (Fsp3) is 0.500. The molecular formula is C28H42N4O4. The van der Waals surface area contributed by atoms with E-state index in [0.29, 0.717) is 31.0 Å². The lowest BCUT2D eigenvalue weighted by Gasteiger charge is -2.32. The van der Waals surface area contributed by atoms with Crippen molar-refractivity contribution in [2.75, 3.05) is 20.2 Å². The molecule has 1 aromatic carbocycles. The summed E-state index contributed by atoms with van der Waals surface area (Å²) in [5.41, 5.74) is 10.5. The van der Waals surface area contributed by atoms with Crippen molar-refractivity contribution in [3.8, 4) is 0 Å². The summed E-state index contributed by atoms with van der Waals surface area (Å²) < 4.78 is 10.7. The lowest BCUT2D eigenvalue weighted by Crippen LogP contribution is -2.40. The number of methoxy groups -OCH3 is 1. The molecule has 198 valence electrons. The maximum Gasteiger partial charge on any atom is 0.410 e. The summed E-state index contributed by atoms with van der Waals surface area (Å²) in [4.78, 5) is 27.0. The summed E-state index contributed by atoms with van der Waals surface area (Å²) >= 11 is 0. The predicted octanol–water partition coefficient (Wildman–Crippen LogP) is 4.37. The Morgan fingerprint density at radius 3 is 2.47 bits per heavy atom. The van der Waals surface area contributed by atoms with Crippen LogP contribution in [0.1, 0.15) is 64.2 Å². The van der Waals surface area contributed by atoms with Crippen LogP contribution >= 0.6 is 0 Å². The average molecular weight is 499 g/mol. The third-order valence-corrected chi connectivity index (χ3v) is 6.30. The number of nitrogens with zero attached hydrogens (tertiary/aromatic N) is 2. The number of carbonyl (C=O) groups excluding carboxylic acids is 2. The minimum absolute atomic E-state index is 0.254. The van der Waals surface area contributed by atoms with E-state index in [9.17, 15) is 9.59 Å². The highest BCUT2D eigenvalue weighted by atomic mass is 16.6. The van der Waals surface area contributed by atoms with E-state index in [4.69, 9.17) is 21.1 Å². The van der Waals surface area contributed by atoms with E-state index in [2.05, 4.69) is 24.8 Å². The van der Waals surface area contributed by atoms with Crippen molar-refractivity contribution in [1.29, 1.82) is 0 Å². The summed E-state index contributed by atoms with van der Waals surface area (Å²) in [6, 6.07) is 6.22. The second kappa shape index (κ2) is 12.1. The van der Waals surface area contributed by atoms with Crippen LogP contribution in [0.3, 0.4) is 0 Å². The molecule has 1 amide bonds. The summed E-state index contributed by atoms with van der Waals surface area (Å²) in [5, 5.41) is 1.52. The Morgan fingerprint density at radius 2 is 1.92 bits per heavy atom. The van der Waals surface area contributed by atoms with Gasteiger partial charge in [-0.3, -0.25) is 4.79 Å². The van der Waals surface area contributed by atoms with E-state index in [0.717, 1.165) is 23.1 Å². The highest BCUT2D eigenvalue weighted by Crippen LogP contribution is 2.35. The molecule has 0 saturated carbocycles. The number of hydrogen-bond acceptors (Lipinski definition) is 7. The molecule has 36 heavy (non-hydrogen) atoms.